The van der Waals surface area contributed by atoms with Crippen molar-refractivity contribution in [3.63, 3.8) is 0 Å². The van der Waals surface area contributed by atoms with Crippen molar-refractivity contribution >= 4 is 11.8 Å². The summed E-state index contributed by atoms with van der Waals surface area (Å²) in [6.45, 7) is 0.0390. The summed E-state index contributed by atoms with van der Waals surface area (Å²) in [7, 11) is 1.40. The topological polar surface area (TPSA) is 87.7 Å². The fourth-order valence-corrected chi connectivity index (χ4v) is 2.49. The maximum Gasteiger partial charge on any atom is 0.416 e. The van der Waals surface area contributed by atoms with Crippen molar-refractivity contribution in [3.05, 3.63) is 64.7 Å². The first-order chi connectivity index (χ1) is 13.2. The van der Waals surface area contributed by atoms with Gasteiger partial charge in [-0.15, -0.1) is 0 Å². The summed E-state index contributed by atoms with van der Waals surface area (Å²) in [5.74, 6) is -0.699. The molecule has 0 saturated heterocycles. The van der Waals surface area contributed by atoms with Crippen molar-refractivity contribution in [2.45, 2.75) is 25.6 Å². The summed E-state index contributed by atoms with van der Waals surface area (Å²) < 4.78 is 42.9. The summed E-state index contributed by atoms with van der Waals surface area (Å²) in [6.07, 6.45) is -4.08. The number of amides is 2. The smallest absolute Gasteiger partial charge is 0.416 e. The van der Waals surface area contributed by atoms with Gasteiger partial charge in [-0.3, -0.25) is 14.8 Å². The molecule has 0 heterocycles. The molecule has 150 valence electrons. The monoisotopic (exact) mass is 396 g/mol. The van der Waals surface area contributed by atoms with Crippen molar-refractivity contribution < 1.29 is 32.7 Å². The molecule has 9 heteroatoms. The third-order valence-corrected chi connectivity index (χ3v) is 4.01. The first kappa shape index (κ1) is 21.2. The van der Waals surface area contributed by atoms with E-state index in [1.807, 2.05) is 0 Å². The van der Waals surface area contributed by atoms with Crippen LogP contribution in [0.25, 0.3) is 0 Å². The van der Waals surface area contributed by atoms with Gasteiger partial charge in [0.1, 0.15) is 5.75 Å². The van der Waals surface area contributed by atoms with Gasteiger partial charge >= 0.3 is 6.18 Å². The zero-order valence-corrected chi connectivity index (χ0v) is 15.0. The van der Waals surface area contributed by atoms with E-state index in [0.29, 0.717) is 23.3 Å². The van der Waals surface area contributed by atoms with E-state index in [-0.39, 0.29) is 18.5 Å². The first-order valence-electron chi connectivity index (χ1n) is 8.28. The molecule has 6 nitrogen and oxygen atoms in total. The van der Waals surface area contributed by atoms with E-state index >= 15 is 0 Å². The SMILES string of the molecule is COc1ccc(CCC(=O)NO)cc1C(=O)NCc1ccc(C(F)(F)F)cc1. The Bertz CT molecular complexity index is 836. The molecular weight excluding hydrogens is 377 g/mol. The molecule has 2 aromatic carbocycles. The van der Waals surface area contributed by atoms with E-state index in [1.54, 1.807) is 18.2 Å². The third kappa shape index (κ3) is 5.71. The number of methoxy groups -OCH3 is 1. The summed E-state index contributed by atoms with van der Waals surface area (Å²) in [4.78, 5) is 23.6. The van der Waals surface area contributed by atoms with Crippen LogP contribution in [0.1, 0.15) is 33.5 Å². The Kier molecular flexibility index (Phi) is 7.00. The predicted octanol–water partition coefficient (Wildman–Crippen LogP) is 3.08. The van der Waals surface area contributed by atoms with Crippen LogP contribution < -0.4 is 15.5 Å². The minimum atomic E-state index is -4.41. The normalized spacial score (nSPS) is 11.0. The van der Waals surface area contributed by atoms with E-state index < -0.39 is 23.6 Å². The number of benzene rings is 2. The Labute approximate surface area is 159 Å². The highest BCUT2D eigenvalue weighted by molar-refractivity contribution is 5.97. The lowest BCUT2D eigenvalue weighted by Crippen LogP contribution is -2.23. The molecule has 0 radical (unpaired) electrons. The molecule has 2 aromatic rings. The highest BCUT2D eigenvalue weighted by atomic mass is 19.4. The standard InChI is InChI=1S/C19H19F3N2O4/c1-28-16-8-4-12(5-9-17(25)24-27)10-15(16)18(26)23-11-13-2-6-14(7-3-13)19(20,21)22/h2-4,6-8,10,27H,5,9,11H2,1H3,(H,23,26)(H,24,25). The number of hydrogen-bond donors (Lipinski definition) is 3. The molecule has 0 aliphatic carbocycles. The number of hydrogen-bond acceptors (Lipinski definition) is 4. The van der Waals surface area contributed by atoms with Crippen molar-refractivity contribution in [3.8, 4) is 5.75 Å². The maximum absolute atomic E-state index is 12.6. The van der Waals surface area contributed by atoms with Gasteiger partial charge in [-0.05, 0) is 41.8 Å². The fraction of sp³-hybridized carbons (Fsp3) is 0.263. The molecule has 0 spiro atoms. The van der Waals surface area contributed by atoms with Gasteiger partial charge in [0.2, 0.25) is 5.91 Å². The minimum absolute atomic E-state index is 0.0371. The van der Waals surface area contributed by atoms with Crippen LogP contribution in [0.15, 0.2) is 42.5 Å². The van der Waals surface area contributed by atoms with Gasteiger partial charge in [0.15, 0.2) is 0 Å². The molecule has 0 aromatic heterocycles. The number of alkyl halides is 3. The van der Waals surface area contributed by atoms with Crippen LogP contribution in [-0.4, -0.2) is 24.1 Å². The molecule has 0 unspecified atom stereocenters. The first-order valence-corrected chi connectivity index (χ1v) is 8.28. The van der Waals surface area contributed by atoms with Gasteiger partial charge in [0.05, 0.1) is 18.2 Å². The van der Waals surface area contributed by atoms with Crippen molar-refractivity contribution in [1.82, 2.24) is 10.8 Å². The lowest BCUT2D eigenvalue weighted by atomic mass is 10.0. The lowest BCUT2D eigenvalue weighted by molar-refractivity contribution is -0.137. The average Bonchev–Trinajstić information content (AvgIpc) is 2.69. The van der Waals surface area contributed by atoms with E-state index in [0.717, 1.165) is 12.1 Å². The molecule has 0 atom stereocenters. The second-order valence-electron chi connectivity index (χ2n) is 5.95. The summed E-state index contributed by atoms with van der Waals surface area (Å²) >= 11 is 0. The Hall–Kier alpha value is -3.07. The predicted molar refractivity (Wildman–Crippen MR) is 93.9 cm³/mol. The number of halogens is 3. The maximum atomic E-state index is 12.6. The van der Waals surface area contributed by atoms with Crippen molar-refractivity contribution in [1.29, 1.82) is 0 Å². The fourth-order valence-electron chi connectivity index (χ4n) is 2.49. The van der Waals surface area contributed by atoms with Gasteiger partial charge in [-0.25, -0.2) is 5.48 Å². The summed E-state index contributed by atoms with van der Waals surface area (Å²) in [6, 6.07) is 9.33. The highest BCUT2D eigenvalue weighted by Gasteiger charge is 2.29. The molecule has 28 heavy (non-hydrogen) atoms. The number of rotatable bonds is 7. The third-order valence-electron chi connectivity index (χ3n) is 4.01. The minimum Gasteiger partial charge on any atom is -0.496 e. The molecule has 2 rings (SSSR count). The van der Waals surface area contributed by atoms with E-state index in [4.69, 9.17) is 9.94 Å². The molecule has 0 saturated carbocycles. The number of ether oxygens (including phenoxy) is 1. The Morgan fingerprint density at radius 1 is 1.07 bits per heavy atom. The van der Waals surface area contributed by atoms with Gasteiger partial charge < -0.3 is 10.1 Å². The molecule has 2 amide bonds. The van der Waals surface area contributed by atoms with Gasteiger partial charge in [0.25, 0.3) is 5.91 Å². The number of hydroxylamine groups is 1. The number of carbonyl (C=O) groups is 2. The van der Waals surface area contributed by atoms with Gasteiger partial charge in [-0.1, -0.05) is 18.2 Å². The van der Waals surface area contributed by atoms with Gasteiger partial charge in [0, 0.05) is 13.0 Å². The van der Waals surface area contributed by atoms with Crippen LogP contribution in [-0.2, 0) is 23.9 Å². The van der Waals surface area contributed by atoms with Crippen LogP contribution in [0.5, 0.6) is 5.75 Å². The zero-order chi connectivity index (χ0) is 20.7. The van der Waals surface area contributed by atoms with Crippen LogP contribution >= 0.6 is 0 Å². The Morgan fingerprint density at radius 3 is 2.29 bits per heavy atom. The van der Waals surface area contributed by atoms with Crippen LogP contribution in [0.4, 0.5) is 13.2 Å². The summed E-state index contributed by atoms with van der Waals surface area (Å²) in [5.41, 5.74) is 2.20. The van der Waals surface area contributed by atoms with E-state index in [1.165, 1.54) is 24.7 Å². The second-order valence-corrected chi connectivity index (χ2v) is 5.95. The molecule has 0 fully saturated rings. The Balaban J connectivity index is 2.06. The van der Waals surface area contributed by atoms with E-state index in [9.17, 15) is 22.8 Å². The number of aryl methyl sites for hydroxylation is 1. The van der Waals surface area contributed by atoms with Crippen LogP contribution in [0.3, 0.4) is 0 Å². The molecule has 0 bridgehead atoms. The number of nitrogens with one attached hydrogen (secondary N) is 2. The molecular formula is C19H19F3N2O4. The summed E-state index contributed by atoms with van der Waals surface area (Å²) in [5, 5.41) is 11.2. The van der Waals surface area contributed by atoms with Crippen LogP contribution in [0, 0.1) is 0 Å². The number of carbonyl (C=O) groups excluding carboxylic acids is 2. The average molecular weight is 396 g/mol. The van der Waals surface area contributed by atoms with Gasteiger partial charge in [-0.2, -0.15) is 13.2 Å². The van der Waals surface area contributed by atoms with Crippen molar-refractivity contribution in [2.75, 3.05) is 7.11 Å². The lowest BCUT2D eigenvalue weighted by Gasteiger charge is -2.12. The highest BCUT2D eigenvalue weighted by Crippen LogP contribution is 2.29. The zero-order valence-electron chi connectivity index (χ0n) is 15.0. The largest absolute Gasteiger partial charge is 0.496 e. The van der Waals surface area contributed by atoms with Crippen LogP contribution in [0.2, 0.25) is 0 Å². The van der Waals surface area contributed by atoms with E-state index in [2.05, 4.69) is 5.32 Å². The quantitative estimate of drug-likeness (QED) is 0.496. The molecule has 3 N–H and O–H groups in total. The molecule has 0 aliphatic rings. The second kappa shape index (κ2) is 9.23. The van der Waals surface area contributed by atoms with Crippen molar-refractivity contribution in [2.24, 2.45) is 0 Å². The molecule has 0 aliphatic heterocycles. The Morgan fingerprint density at radius 2 is 1.71 bits per heavy atom.